The molecule has 0 heterocycles. The van der Waals surface area contributed by atoms with Crippen molar-refractivity contribution in [2.24, 2.45) is 0 Å². The number of nitrogens with zero attached hydrogens (tertiary/aromatic N) is 2. The molecule has 18 heavy (non-hydrogen) atoms. The predicted molar refractivity (Wildman–Crippen MR) is 64.2 cm³/mol. The van der Waals surface area contributed by atoms with Crippen LogP contribution in [0.1, 0.15) is 23.2 Å². The summed E-state index contributed by atoms with van der Waals surface area (Å²) in [6.45, 7) is 0.0818. The number of aliphatic hydroxyl groups is 1. The van der Waals surface area contributed by atoms with E-state index < -0.39 is 4.92 Å². The summed E-state index contributed by atoms with van der Waals surface area (Å²) in [7, 11) is 0. The van der Waals surface area contributed by atoms with Gasteiger partial charge in [-0.2, -0.15) is 0 Å². The Morgan fingerprint density at radius 3 is 2.67 bits per heavy atom. The number of para-hydroxylation sites is 1. The fourth-order valence-corrected chi connectivity index (χ4v) is 1.91. The largest absolute Gasteiger partial charge is 0.395 e. The lowest BCUT2D eigenvalue weighted by atomic mass is 10.1. The van der Waals surface area contributed by atoms with Gasteiger partial charge in [-0.05, 0) is 18.9 Å². The zero-order chi connectivity index (χ0) is 13.1. The van der Waals surface area contributed by atoms with E-state index in [0.717, 1.165) is 12.8 Å². The summed E-state index contributed by atoms with van der Waals surface area (Å²) < 4.78 is 0. The molecule has 6 nitrogen and oxygen atoms in total. The van der Waals surface area contributed by atoms with Crippen LogP contribution >= 0.6 is 0 Å². The lowest BCUT2D eigenvalue weighted by molar-refractivity contribution is -0.385. The van der Waals surface area contributed by atoms with Crippen molar-refractivity contribution in [2.75, 3.05) is 13.2 Å². The Morgan fingerprint density at radius 2 is 2.11 bits per heavy atom. The predicted octanol–water partition coefficient (Wildman–Crippen LogP) is 1.19. The van der Waals surface area contributed by atoms with E-state index in [0.29, 0.717) is 0 Å². The Kier molecular flexibility index (Phi) is 3.57. The molecule has 0 spiro atoms. The third-order valence-electron chi connectivity index (χ3n) is 2.92. The van der Waals surface area contributed by atoms with Crippen molar-refractivity contribution >= 4 is 11.6 Å². The molecule has 0 atom stereocenters. The normalized spacial score (nSPS) is 14.3. The molecule has 1 aliphatic carbocycles. The fourth-order valence-electron chi connectivity index (χ4n) is 1.91. The highest BCUT2D eigenvalue weighted by molar-refractivity contribution is 5.98. The van der Waals surface area contributed by atoms with Gasteiger partial charge in [0.05, 0.1) is 11.5 Å². The molecule has 6 heteroatoms. The van der Waals surface area contributed by atoms with Crippen molar-refractivity contribution in [1.82, 2.24) is 4.90 Å². The topological polar surface area (TPSA) is 83.7 Å². The van der Waals surface area contributed by atoms with Crippen LogP contribution in [0.2, 0.25) is 0 Å². The molecular formula is C12H14N2O4. The van der Waals surface area contributed by atoms with Gasteiger partial charge in [0.2, 0.25) is 0 Å². The second-order valence-electron chi connectivity index (χ2n) is 4.23. The lowest BCUT2D eigenvalue weighted by Gasteiger charge is -2.21. The smallest absolute Gasteiger partial charge is 0.282 e. The minimum atomic E-state index is -0.558. The summed E-state index contributed by atoms with van der Waals surface area (Å²) in [5, 5.41) is 19.8. The maximum Gasteiger partial charge on any atom is 0.282 e. The van der Waals surface area contributed by atoms with E-state index in [9.17, 15) is 14.9 Å². The molecule has 0 saturated heterocycles. The van der Waals surface area contributed by atoms with Crippen molar-refractivity contribution in [1.29, 1.82) is 0 Å². The molecule has 0 bridgehead atoms. The van der Waals surface area contributed by atoms with Crippen LogP contribution in [0.4, 0.5) is 5.69 Å². The van der Waals surface area contributed by atoms with Crippen LogP contribution in [0.3, 0.4) is 0 Å². The average Bonchev–Trinajstić information content (AvgIpc) is 3.19. The maximum absolute atomic E-state index is 12.3. The molecule has 2 rings (SSSR count). The molecule has 0 aliphatic heterocycles. The highest BCUT2D eigenvalue weighted by Crippen LogP contribution is 2.29. The molecule has 1 saturated carbocycles. The van der Waals surface area contributed by atoms with Gasteiger partial charge in [-0.15, -0.1) is 0 Å². The number of nitro groups is 1. The van der Waals surface area contributed by atoms with Crippen LogP contribution < -0.4 is 0 Å². The van der Waals surface area contributed by atoms with Gasteiger partial charge in [-0.1, -0.05) is 12.1 Å². The van der Waals surface area contributed by atoms with E-state index in [1.807, 2.05) is 0 Å². The monoisotopic (exact) mass is 250 g/mol. The number of hydrogen-bond donors (Lipinski definition) is 1. The Morgan fingerprint density at radius 1 is 1.44 bits per heavy atom. The molecule has 1 aromatic carbocycles. The molecule has 1 aliphatic rings. The quantitative estimate of drug-likeness (QED) is 0.628. The van der Waals surface area contributed by atoms with Gasteiger partial charge in [-0.25, -0.2) is 0 Å². The number of hydrogen-bond acceptors (Lipinski definition) is 4. The minimum Gasteiger partial charge on any atom is -0.395 e. The van der Waals surface area contributed by atoms with Crippen molar-refractivity contribution in [3.8, 4) is 0 Å². The highest BCUT2D eigenvalue weighted by atomic mass is 16.6. The van der Waals surface area contributed by atoms with E-state index in [2.05, 4.69) is 0 Å². The number of aliphatic hydroxyl groups excluding tert-OH is 1. The van der Waals surface area contributed by atoms with Crippen LogP contribution in [0.5, 0.6) is 0 Å². The van der Waals surface area contributed by atoms with E-state index >= 15 is 0 Å². The third-order valence-corrected chi connectivity index (χ3v) is 2.92. The second-order valence-corrected chi connectivity index (χ2v) is 4.23. The van der Waals surface area contributed by atoms with Gasteiger partial charge in [-0.3, -0.25) is 14.9 Å². The number of nitro benzene ring substituents is 1. The molecule has 1 fully saturated rings. The van der Waals surface area contributed by atoms with E-state index in [-0.39, 0.29) is 36.4 Å². The Balaban J connectivity index is 2.29. The molecular weight excluding hydrogens is 236 g/mol. The van der Waals surface area contributed by atoms with Gasteiger partial charge in [0.1, 0.15) is 5.56 Å². The van der Waals surface area contributed by atoms with Crippen molar-refractivity contribution in [2.45, 2.75) is 18.9 Å². The van der Waals surface area contributed by atoms with Crippen LogP contribution in [-0.4, -0.2) is 40.0 Å². The summed E-state index contributed by atoms with van der Waals surface area (Å²) in [6.07, 6.45) is 1.79. The second kappa shape index (κ2) is 5.14. The summed E-state index contributed by atoms with van der Waals surface area (Å²) in [4.78, 5) is 24.1. The average molecular weight is 250 g/mol. The van der Waals surface area contributed by atoms with Crippen LogP contribution in [0.25, 0.3) is 0 Å². The SMILES string of the molecule is O=C(c1ccccc1[N+](=O)[O-])N(CCO)C1CC1. The number of rotatable bonds is 5. The van der Waals surface area contributed by atoms with Crippen LogP contribution in [-0.2, 0) is 0 Å². The van der Waals surface area contributed by atoms with Crippen molar-refractivity contribution in [3.63, 3.8) is 0 Å². The number of benzene rings is 1. The molecule has 1 amide bonds. The van der Waals surface area contributed by atoms with Gasteiger partial charge in [0, 0.05) is 18.7 Å². The Bertz CT molecular complexity index is 471. The van der Waals surface area contributed by atoms with E-state index in [4.69, 9.17) is 5.11 Å². The van der Waals surface area contributed by atoms with Crippen LogP contribution in [0, 0.1) is 10.1 Å². The minimum absolute atomic E-state index is 0.0860. The maximum atomic E-state index is 12.3. The third kappa shape index (κ3) is 2.48. The fraction of sp³-hybridized carbons (Fsp3) is 0.417. The van der Waals surface area contributed by atoms with E-state index in [1.165, 1.54) is 23.1 Å². The highest BCUT2D eigenvalue weighted by Gasteiger charge is 2.34. The van der Waals surface area contributed by atoms with Crippen LogP contribution in [0.15, 0.2) is 24.3 Å². The van der Waals surface area contributed by atoms with Gasteiger partial charge >= 0.3 is 0 Å². The van der Waals surface area contributed by atoms with Gasteiger partial charge in [0.15, 0.2) is 0 Å². The molecule has 1 N–H and O–H groups in total. The number of amides is 1. The molecule has 1 aromatic rings. The van der Waals surface area contributed by atoms with E-state index in [1.54, 1.807) is 6.07 Å². The molecule has 0 aromatic heterocycles. The standard InChI is InChI=1S/C12H14N2O4/c15-8-7-13(9-5-6-9)12(16)10-3-1-2-4-11(10)14(17)18/h1-4,9,15H,5-8H2. The lowest BCUT2D eigenvalue weighted by Crippen LogP contribution is -2.35. The van der Waals surface area contributed by atoms with Gasteiger partial charge < -0.3 is 10.0 Å². The molecule has 0 radical (unpaired) electrons. The van der Waals surface area contributed by atoms with Crippen molar-refractivity contribution < 1.29 is 14.8 Å². The molecule has 0 unspecified atom stereocenters. The van der Waals surface area contributed by atoms with Gasteiger partial charge in [0.25, 0.3) is 11.6 Å². The van der Waals surface area contributed by atoms with Crippen molar-refractivity contribution in [3.05, 3.63) is 39.9 Å². The first kappa shape index (κ1) is 12.5. The summed E-state index contributed by atoms with van der Waals surface area (Å²) >= 11 is 0. The summed E-state index contributed by atoms with van der Waals surface area (Å²) in [5.74, 6) is -0.376. The first-order valence-corrected chi connectivity index (χ1v) is 5.80. The first-order valence-electron chi connectivity index (χ1n) is 5.80. The summed E-state index contributed by atoms with van der Waals surface area (Å²) in [6, 6.07) is 6.02. The summed E-state index contributed by atoms with van der Waals surface area (Å²) in [5.41, 5.74) is -0.103. The molecule has 96 valence electrons. The number of carbonyl (C=O) groups excluding carboxylic acids is 1. The first-order chi connectivity index (χ1) is 8.65. The Hall–Kier alpha value is -1.95. The zero-order valence-electron chi connectivity index (χ0n) is 9.78. The Labute approximate surface area is 104 Å². The zero-order valence-corrected chi connectivity index (χ0v) is 9.78. The number of carbonyl (C=O) groups is 1.